The number of aryl methyl sites for hydroxylation is 1. The molecule has 0 radical (unpaired) electrons. The van der Waals surface area contributed by atoms with Gasteiger partial charge in [-0.1, -0.05) is 30.3 Å². The fourth-order valence-corrected chi connectivity index (χ4v) is 1.75. The summed E-state index contributed by atoms with van der Waals surface area (Å²) >= 11 is 5.60. The Morgan fingerprint density at radius 2 is 2.00 bits per heavy atom. The molecular weight excluding hydrogens is 253 g/mol. The topological polar surface area (TPSA) is 37.8 Å². The van der Waals surface area contributed by atoms with Gasteiger partial charge in [0.1, 0.15) is 0 Å². The van der Waals surface area contributed by atoms with Gasteiger partial charge in [-0.2, -0.15) is 4.98 Å². The molecule has 0 saturated heterocycles. The molecule has 3 nitrogen and oxygen atoms in total. The monoisotopic (exact) mass is 265 g/mol. The van der Waals surface area contributed by atoms with Crippen LogP contribution in [-0.2, 0) is 6.42 Å². The first-order chi connectivity index (χ1) is 8.75. The highest BCUT2D eigenvalue weighted by molar-refractivity contribution is 6.28. The van der Waals surface area contributed by atoms with Crippen molar-refractivity contribution in [2.24, 2.45) is 0 Å². The van der Waals surface area contributed by atoms with Gasteiger partial charge in [-0.15, -0.1) is 0 Å². The van der Waals surface area contributed by atoms with Crippen LogP contribution in [0.3, 0.4) is 0 Å². The van der Waals surface area contributed by atoms with E-state index in [4.69, 9.17) is 11.6 Å². The highest BCUT2D eigenvalue weighted by atomic mass is 35.5. The van der Waals surface area contributed by atoms with Crippen molar-refractivity contribution in [1.82, 2.24) is 9.97 Å². The smallest absolute Gasteiger partial charge is 0.224 e. The van der Waals surface area contributed by atoms with Crippen LogP contribution in [0, 0.1) is 5.82 Å². The van der Waals surface area contributed by atoms with E-state index in [1.807, 2.05) is 18.2 Å². The second-order valence-corrected chi connectivity index (χ2v) is 4.19. The lowest BCUT2D eigenvalue weighted by molar-refractivity contribution is 0.616. The molecule has 0 spiro atoms. The second kappa shape index (κ2) is 6.31. The van der Waals surface area contributed by atoms with Crippen molar-refractivity contribution in [2.45, 2.75) is 12.8 Å². The Hall–Kier alpha value is -1.68. The van der Waals surface area contributed by atoms with E-state index in [0.29, 0.717) is 6.54 Å². The maximum atomic E-state index is 13.3. The standard InChI is InChI=1S/C13H13ClFN3/c14-13-17-9-11(15)12(18-13)16-8-4-7-10-5-2-1-3-6-10/h1-3,5-6,9H,4,7-8H2,(H,16,17,18). The molecule has 5 heteroatoms. The molecule has 1 N–H and O–H groups in total. The van der Waals surface area contributed by atoms with E-state index in [9.17, 15) is 4.39 Å². The lowest BCUT2D eigenvalue weighted by Gasteiger charge is -2.06. The lowest BCUT2D eigenvalue weighted by atomic mass is 10.1. The number of anilines is 1. The third-order valence-electron chi connectivity index (χ3n) is 2.49. The van der Waals surface area contributed by atoms with E-state index >= 15 is 0 Å². The van der Waals surface area contributed by atoms with Gasteiger partial charge in [0.15, 0.2) is 11.6 Å². The summed E-state index contributed by atoms with van der Waals surface area (Å²) in [7, 11) is 0. The minimum absolute atomic E-state index is 0.0435. The van der Waals surface area contributed by atoms with Gasteiger partial charge in [0.25, 0.3) is 0 Å². The molecule has 0 aliphatic rings. The van der Waals surface area contributed by atoms with Gasteiger partial charge >= 0.3 is 0 Å². The molecule has 94 valence electrons. The molecule has 0 bridgehead atoms. The van der Waals surface area contributed by atoms with Crippen LogP contribution < -0.4 is 5.32 Å². The molecular formula is C13H13ClFN3. The summed E-state index contributed by atoms with van der Waals surface area (Å²) in [6, 6.07) is 10.1. The molecule has 0 atom stereocenters. The zero-order valence-corrected chi connectivity index (χ0v) is 10.5. The van der Waals surface area contributed by atoms with Crippen LogP contribution in [0.4, 0.5) is 10.2 Å². The first-order valence-electron chi connectivity index (χ1n) is 5.71. The molecule has 1 aromatic carbocycles. The van der Waals surface area contributed by atoms with Gasteiger partial charge < -0.3 is 5.32 Å². The van der Waals surface area contributed by atoms with E-state index in [2.05, 4.69) is 27.4 Å². The van der Waals surface area contributed by atoms with Crippen molar-refractivity contribution < 1.29 is 4.39 Å². The fraction of sp³-hybridized carbons (Fsp3) is 0.231. The van der Waals surface area contributed by atoms with Crippen molar-refractivity contribution >= 4 is 17.4 Å². The normalized spacial score (nSPS) is 10.3. The van der Waals surface area contributed by atoms with Crippen LogP contribution in [0.2, 0.25) is 5.28 Å². The van der Waals surface area contributed by atoms with Crippen LogP contribution in [-0.4, -0.2) is 16.5 Å². The van der Waals surface area contributed by atoms with Crippen molar-refractivity contribution in [1.29, 1.82) is 0 Å². The van der Waals surface area contributed by atoms with Crippen LogP contribution in [0.25, 0.3) is 0 Å². The average Bonchev–Trinajstić information content (AvgIpc) is 2.40. The summed E-state index contributed by atoms with van der Waals surface area (Å²) < 4.78 is 13.3. The maximum Gasteiger partial charge on any atom is 0.224 e. The molecule has 0 amide bonds. The molecule has 0 saturated carbocycles. The van der Waals surface area contributed by atoms with Crippen LogP contribution in [0.5, 0.6) is 0 Å². The summed E-state index contributed by atoms with van der Waals surface area (Å²) in [5.74, 6) is -0.331. The minimum Gasteiger partial charge on any atom is -0.367 e. The summed E-state index contributed by atoms with van der Waals surface area (Å²) in [6.45, 7) is 0.638. The van der Waals surface area contributed by atoms with Crippen molar-refractivity contribution in [2.75, 3.05) is 11.9 Å². The molecule has 2 rings (SSSR count). The summed E-state index contributed by atoms with van der Waals surface area (Å²) in [4.78, 5) is 7.34. The van der Waals surface area contributed by atoms with Crippen molar-refractivity contribution in [3.05, 3.63) is 53.2 Å². The van der Waals surface area contributed by atoms with E-state index < -0.39 is 5.82 Å². The number of halogens is 2. The van der Waals surface area contributed by atoms with Crippen LogP contribution in [0.1, 0.15) is 12.0 Å². The van der Waals surface area contributed by atoms with Gasteiger partial charge in [-0.05, 0) is 30.0 Å². The number of aromatic nitrogens is 2. The number of nitrogens with zero attached hydrogens (tertiary/aromatic N) is 2. The average molecular weight is 266 g/mol. The first-order valence-corrected chi connectivity index (χ1v) is 6.09. The van der Waals surface area contributed by atoms with Gasteiger partial charge in [0.05, 0.1) is 6.20 Å². The molecule has 18 heavy (non-hydrogen) atoms. The van der Waals surface area contributed by atoms with E-state index in [0.717, 1.165) is 19.0 Å². The summed E-state index contributed by atoms with van der Waals surface area (Å²) in [6.07, 6.45) is 2.90. The highest BCUT2D eigenvalue weighted by Gasteiger charge is 2.04. The SMILES string of the molecule is Fc1cnc(Cl)nc1NCCCc1ccccc1. The molecule has 0 aliphatic carbocycles. The van der Waals surface area contributed by atoms with Crippen LogP contribution >= 0.6 is 11.6 Å². The van der Waals surface area contributed by atoms with Gasteiger partial charge in [-0.25, -0.2) is 9.37 Å². The molecule has 0 unspecified atom stereocenters. The minimum atomic E-state index is -0.487. The Labute approximate surface area is 110 Å². The zero-order valence-electron chi connectivity index (χ0n) is 9.74. The number of benzene rings is 1. The number of rotatable bonds is 5. The third kappa shape index (κ3) is 3.67. The first kappa shape index (κ1) is 12.8. The Balaban J connectivity index is 1.80. The maximum absolute atomic E-state index is 13.3. The largest absolute Gasteiger partial charge is 0.367 e. The highest BCUT2D eigenvalue weighted by Crippen LogP contribution is 2.12. The fourth-order valence-electron chi connectivity index (χ4n) is 1.61. The van der Waals surface area contributed by atoms with Crippen molar-refractivity contribution in [3.8, 4) is 0 Å². The van der Waals surface area contributed by atoms with Crippen molar-refractivity contribution in [3.63, 3.8) is 0 Å². The Bertz CT molecular complexity index is 505. The third-order valence-corrected chi connectivity index (χ3v) is 2.67. The second-order valence-electron chi connectivity index (χ2n) is 3.85. The van der Waals surface area contributed by atoms with Gasteiger partial charge in [0.2, 0.25) is 5.28 Å². The molecule has 1 heterocycles. The number of hydrogen-bond donors (Lipinski definition) is 1. The quantitative estimate of drug-likeness (QED) is 0.666. The van der Waals surface area contributed by atoms with E-state index in [1.54, 1.807) is 0 Å². The Morgan fingerprint density at radius 3 is 2.78 bits per heavy atom. The predicted octanol–water partition coefficient (Wildman–Crippen LogP) is 3.31. The Kier molecular flexibility index (Phi) is 4.47. The van der Waals surface area contributed by atoms with Crippen LogP contribution in [0.15, 0.2) is 36.5 Å². The lowest BCUT2D eigenvalue weighted by Crippen LogP contribution is -2.07. The number of hydrogen-bond acceptors (Lipinski definition) is 3. The predicted molar refractivity (Wildman–Crippen MR) is 70.3 cm³/mol. The molecule has 0 aliphatic heterocycles. The van der Waals surface area contributed by atoms with E-state index in [1.165, 1.54) is 5.56 Å². The number of nitrogens with one attached hydrogen (secondary N) is 1. The molecule has 2 aromatic rings. The zero-order chi connectivity index (χ0) is 12.8. The summed E-state index contributed by atoms with van der Waals surface area (Å²) in [5.41, 5.74) is 1.26. The van der Waals surface area contributed by atoms with Gasteiger partial charge in [-0.3, -0.25) is 0 Å². The molecule has 1 aromatic heterocycles. The van der Waals surface area contributed by atoms with Gasteiger partial charge in [0, 0.05) is 6.54 Å². The Morgan fingerprint density at radius 1 is 1.22 bits per heavy atom. The molecule has 0 fully saturated rings. The summed E-state index contributed by atoms with van der Waals surface area (Å²) in [5, 5.41) is 2.96. The van der Waals surface area contributed by atoms with E-state index in [-0.39, 0.29) is 11.1 Å².